The molecule has 3 rings (SSSR count). The van der Waals surface area contributed by atoms with Crippen molar-refractivity contribution in [2.75, 3.05) is 51.8 Å². The van der Waals surface area contributed by atoms with Crippen LogP contribution in [-0.4, -0.2) is 85.5 Å². The predicted octanol–water partition coefficient (Wildman–Crippen LogP) is 2.78. The maximum Gasteiger partial charge on any atom is 0.225 e. The van der Waals surface area contributed by atoms with Crippen LogP contribution >= 0.6 is 35.7 Å². The number of hydrogen-bond donors (Lipinski definition) is 2. The Kier molecular flexibility index (Phi) is 11.4. The molecule has 1 aliphatic heterocycles. The SMILES string of the molecule is CN=C(NCCN(C)C1CCCC1)NC1CCC(C(=O)N2CCSCC2)CC1.I. The number of likely N-dealkylation sites (N-methyl/N-ethyl adjacent to an activating group) is 1. The summed E-state index contributed by atoms with van der Waals surface area (Å²) in [4.78, 5) is 21.7. The highest BCUT2D eigenvalue weighted by atomic mass is 127. The molecule has 0 aromatic carbocycles. The summed E-state index contributed by atoms with van der Waals surface area (Å²) in [5.41, 5.74) is 0. The summed E-state index contributed by atoms with van der Waals surface area (Å²) in [6.45, 7) is 3.86. The molecule has 6 nitrogen and oxygen atoms in total. The number of amides is 1. The molecule has 3 fully saturated rings. The third-order valence-corrected chi connectivity index (χ3v) is 7.61. The molecule has 0 aromatic heterocycles. The van der Waals surface area contributed by atoms with Gasteiger partial charge in [0.05, 0.1) is 0 Å². The van der Waals surface area contributed by atoms with E-state index in [9.17, 15) is 4.79 Å². The molecule has 0 spiro atoms. The number of thioether (sulfide) groups is 1. The van der Waals surface area contributed by atoms with Gasteiger partial charge in [-0.1, -0.05) is 12.8 Å². The molecule has 2 saturated carbocycles. The smallest absolute Gasteiger partial charge is 0.225 e. The van der Waals surface area contributed by atoms with Crippen LogP contribution in [0.5, 0.6) is 0 Å². The Bertz CT molecular complexity index is 515. The van der Waals surface area contributed by atoms with Gasteiger partial charge in [-0.25, -0.2) is 0 Å². The fourth-order valence-corrected chi connectivity index (χ4v) is 5.70. The number of carbonyl (C=O) groups excluding carboxylic acids is 1. The molecular formula is C21H40IN5OS. The maximum atomic E-state index is 12.7. The highest BCUT2D eigenvalue weighted by Crippen LogP contribution is 2.27. The van der Waals surface area contributed by atoms with E-state index in [1.807, 2.05) is 18.8 Å². The van der Waals surface area contributed by atoms with E-state index in [4.69, 9.17) is 0 Å². The van der Waals surface area contributed by atoms with Crippen LogP contribution in [-0.2, 0) is 4.79 Å². The van der Waals surface area contributed by atoms with Crippen LogP contribution in [0.15, 0.2) is 4.99 Å². The van der Waals surface area contributed by atoms with Gasteiger partial charge in [-0.15, -0.1) is 24.0 Å². The minimum Gasteiger partial charge on any atom is -0.355 e. The highest BCUT2D eigenvalue weighted by Gasteiger charge is 2.30. The van der Waals surface area contributed by atoms with E-state index < -0.39 is 0 Å². The zero-order chi connectivity index (χ0) is 19.8. The van der Waals surface area contributed by atoms with Crippen molar-refractivity contribution < 1.29 is 4.79 Å². The molecule has 1 saturated heterocycles. The molecule has 0 aromatic rings. The summed E-state index contributed by atoms with van der Waals surface area (Å²) >= 11 is 1.96. The van der Waals surface area contributed by atoms with Gasteiger partial charge in [-0.05, 0) is 45.6 Å². The van der Waals surface area contributed by atoms with Crippen molar-refractivity contribution in [3.05, 3.63) is 0 Å². The summed E-state index contributed by atoms with van der Waals surface area (Å²) in [6, 6.07) is 1.20. The zero-order valence-electron chi connectivity index (χ0n) is 18.2. The molecule has 0 atom stereocenters. The highest BCUT2D eigenvalue weighted by molar-refractivity contribution is 14.0. The third kappa shape index (κ3) is 7.76. The van der Waals surface area contributed by atoms with Gasteiger partial charge in [0.25, 0.3) is 0 Å². The summed E-state index contributed by atoms with van der Waals surface area (Å²) in [7, 11) is 4.09. The number of guanidine groups is 1. The molecule has 8 heteroatoms. The Morgan fingerprint density at radius 3 is 2.38 bits per heavy atom. The second kappa shape index (κ2) is 13.2. The molecule has 0 radical (unpaired) electrons. The van der Waals surface area contributed by atoms with Crippen LogP contribution in [0.1, 0.15) is 51.4 Å². The topological polar surface area (TPSA) is 60.0 Å². The van der Waals surface area contributed by atoms with Gasteiger partial charge in [0, 0.05) is 62.7 Å². The normalized spacial score (nSPS) is 26.3. The van der Waals surface area contributed by atoms with Gasteiger partial charge >= 0.3 is 0 Å². The molecule has 29 heavy (non-hydrogen) atoms. The van der Waals surface area contributed by atoms with E-state index in [-0.39, 0.29) is 29.9 Å². The van der Waals surface area contributed by atoms with Crippen molar-refractivity contribution in [1.29, 1.82) is 0 Å². The number of rotatable bonds is 6. The van der Waals surface area contributed by atoms with Crippen molar-refractivity contribution >= 4 is 47.6 Å². The fourth-order valence-electron chi connectivity index (χ4n) is 4.79. The van der Waals surface area contributed by atoms with Gasteiger partial charge in [-0.2, -0.15) is 11.8 Å². The first-order chi connectivity index (χ1) is 13.7. The Labute approximate surface area is 198 Å². The number of aliphatic imine (C=N–C) groups is 1. The van der Waals surface area contributed by atoms with Crippen molar-refractivity contribution in [3.8, 4) is 0 Å². The zero-order valence-corrected chi connectivity index (χ0v) is 21.3. The van der Waals surface area contributed by atoms with E-state index in [1.54, 1.807) is 0 Å². The first kappa shape index (κ1) is 25.0. The minimum absolute atomic E-state index is 0. The second-order valence-electron chi connectivity index (χ2n) is 8.55. The molecule has 168 valence electrons. The van der Waals surface area contributed by atoms with E-state index in [2.05, 4.69) is 32.5 Å². The number of hydrogen-bond acceptors (Lipinski definition) is 4. The quantitative estimate of drug-likeness (QED) is 0.310. The van der Waals surface area contributed by atoms with E-state index >= 15 is 0 Å². The molecule has 0 bridgehead atoms. The first-order valence-electron chi connectivity index (χ1n) is 11.2. The van der Waals surface area contributed by atoms with Crippen LogP contribution in [0.25, 0.3) is 0 Å². The molecule has 2 aliphatic carbocycles. The first-order valence-corrected chi connectivity index (χ1v) is 12.4. The molecule has 0 unspecified atom stereocenters. The Morgan fingerprint density at radius 1 is 1.10 bits per heavy atom. The Hall–Kier alpha value is -0.220. The lowest BCUT2D eigenvalue weighted by atomic mass is 9.85. The van der Waals surface area contributed by atoms with Crippen molar-refractivity contribution in [2.45, 2.75) is 63.5 Å². The van der Waals surface area contributed by atoms with E-state index in [0.29, 0.717) is 11.9 Å². The largest absolute Gasteiger partial charge is 0.355 e. The fraction of sp³-hybridized carbons (Fsp3) is 0.905. The summed E-state index contributed by atoms with van der Waals surface area (Å²) in [5, 5.41) is 7.06. The average Bonchev–Trinajstić information content (AvgIpc) is 3.28. The van der Waals surface area contributed by atoms with Gasteiger partial charge in [0.15, 0.2) is 5.96 Å². The third-order valence-electron chi connectivity index (χ3n) is 6.67. The molecule has 2 N–H and O–H groups in total. The lowest BCUT2D eigenvalue weighted by Crippen LogP contribution is -2.48. The Balaban J connectivity index is 0.00000300. The van der Waals surface area contributed by atoms with Crippen LogP contribution in [0, 0.1) is 5.92 Å². The van der Waals surface area contributed by atoms with E-state index in [1.165, 1.54) is 25.7 Å². The van der Waals surface area contributed by atoms with Crippen LogP contribution in [0.4, 0.5) is 0 Å². The molecule has 1 amide bonds. The molecular weight excluding hydrogens is 497 g/mol. The van der Waals surface area contributed by atoms with Crippen molar-refractivity contribution in [3.63, 3.8) is 0 Å². The summed E-state index contributed by atoms with van der Waals surface area (Å²) in [5.74, 6) is 3.73. The summed E-state index contributed by atoms with van der Waals surface area (Å²) < 4.78 is 0. The van der Waals surface area contributed by atoms with Crippen LogP contribution in [0.2, 0.25) is 0 Å². The molecule has 3 aliphatic rings. The van der Waals surface area contributed by atoms with Gasteiger partial charge < -0.3 is 20.4 Å². The molecule has 1 heterocycles. The maximum absolute atomic E-state index is 12.7. The number of carbonyl (C=O) groups is 1. The van der Waals surface area contributed by atoms with Crippen molar-refractivity contribution in [1.82, 2.24) is 20.4 Å². The van der Waals surface area contributed by atoms with Crippen LogP contribution < -0.4 is 10.6 Å². The standard InChI is InChI=1S/C21H39N5OS.HI/c1-22-21(23-11-12-25(2)19-5-3-4-6-19)24-18-9-7-17(8-10-18)20(27)26-13-15-28-16-14-26;/h17-19H,3-16H2,1-2H3,(H2,22,23,24);1H. The average molecular weight is 538 g/mol. The number of nitrogens with zero attached hydrogens (tertiary/aromatic N) is 3. The van der Waals surface area contributed by atoms with Gasteiger partial charge in [-0.3, -0.25) is 9.79 Å². The van der Waals surface area contributed by atoms with Crippen molar-refractivity contribution in [2.24, 2.45) is 10.9 Å². The lowest BCUT2D eigenvalue weighted by Gasteiger charge is -2.34. The predicted molar refractivity (Wildman–Crippen MR) is 134 cm³/mol. The second-order valence-corrected chi connectivity index (χ2v) is 9.77. The van der Waals surface area contributed by atoms with E-state index in [0.717, 1.165) is 75.4 Å². The lowest BCUT2D eigenvalue weighted by molar-refractivity contribution is -0.136. The monoisotopic (exact) mass is 537 g/mol. The number of nitrogens with one attached hydrogen (secondary N) is 2. The van der Waals surface area contributed by atoms with Crippen LogP contribution in [0.3, 0.4) is 0 Å². The van der Waals surface area contributed by atoms with Gasteiger partial charge in [0.2, 0.25) is 5.91 Å². The summed E-state index contributed by atoms with van der Waals surface area (Å²) in [6.07, 6.45) is 9.58. The number of halogens is 1. The van der Waals surface area contributed by atoms with Gasteiger partial charge in [0.1, 0.15) is 0 Å². The minimum atomic E-state index is 0. The Morgan fingerprint density at radius 2 is 1.76 bits per heavy atom.